The lowest BCUT2D eigenvalue weighted by Gasteiger charge is -2.32. The molecule has 0 saturated carbocycles. The molecule has 0 spiro atoms. The Morgan fingerprint density at radius 3 is 1.82 bits per heavy atom. The third-order valence-corrected chi connectivity index (χ3v) is 10.4. The highest BCUT2D eigenvalue weighted by Crippen LogP contribution is 2.43. The first-order chi connectivity index (χ1) is 23.6. The minimum Gasteiger partial charge on any atom is -0.463 e. The van der Waals surface area contributed by atoms with Crippen molar-refractivity contribution in [2.75, 3.05) is 38.9 Å². The minimum atomic E-state index is -1.20. The van der Waals surface area contributed by atoms with Gasteiger partial charge in [-0.25, -0.2) is 9.97 Å². The van der Waals surface area contributed by atoms with E-state index in [1.807, 2.05) is 0 Å². The number of aliphatic hydroxyl groups excluding tert-OH is 2. The molecule has 20 nitrogen and oxygen atoms in total. The van der Waals surface area contributed by atoms with Crippen LogP contribution in [0.2, 0.25) is 0 Å². The summed E-state index contributed by atoms with van der Waals surface area (Å²) in [6.45, 7) is 5.25. The minimum absolute atomic E-state index is 0.0137. The lowest BCUT2D eigenvalue weighted by molar-refractivity contribution is -0.167. The number of carbonyl (C=O) groups is 2. The number of hydrogen-bond donors (Lipinski definition) is 4. The van der Waals surface area contributed by atoms with Crippen molar-refractivity contribution in [3.8, 4) is 0 Å². The number of carbonyl (C=O) groups excluding carboxylic acids is 2. The molecule has 50 heavy (non-hydrogen) atoms. The van der Waals surface area contributed by atoms with Gasteiger partial charge < -0.3 is 50.1 Å². The van der Waals surface area contributed by atoms with Gasteiger partial charge in [0.1, 0.15) is 36.1 Å². The highest BCUT2D eigenvalue weighted by molar-refractivity contribution is 7.16. The van der Waals surface area contributed by atoms with Gasteiger partial charge >= 0.3 is 21.7 Å². The number of hydrogen-bond acceptors (Lipinski definition) is 20. The Morgan fingerprint density at radius 2 is 1.38 bits per heavy atom. The molecule has 6 rings (SSSR count). The molecule has 0 aliphatic carbocycles. The second-order valence-corrected chi connectivity index (χ2v) is 13.6. The van der Waals surface area contributed by atoms with Crippen molar-refractivity contribution in [3.05, 3.63) is 31.7 Å². The van der Waals surface area contributed by atoms with E-state index in [4.69, 9.17) is 39.9 Å². The lowest BCUT2D eigenvalue weighted by Crippen LogP contribution is -2.50. The first-order valence-electron chi connectivity index (χ1n) is 14.9. The van der Waals surface area contributed by atoms with E-state index in [1.165, 1.54) is 49.6 Å². The zero-order valence-electron chi connectivity index (χ0n) is 27.7. The van der Waals surface area contributed by atoms with E-state index in [9.17, 15) is 29.4 Å². The van der Waals surface area contributed by atoms with Gasteiger partial charge in [0.15, 0.2) is 29.9 Å². The number of rotatable bonds is 8. The molecule has 4 aromatic rings. The summed E-state index contributed by atoms with van der Waals surface area (Å²) >= 11 is 1.83. The van der Waals surface area contributed by atoms with Crippen LogP contribution in [0.25, 0.3) is 20.7 Å². The predicted octanol–water partition coefficient (Wildman–Crippen LogP) is -0.677. The van der Waals surface area contributed by atoms with Crippen molar-refractivity contribution < 1.29 is 48.2 Å². The largest absolute Gasteiger partial charge is 0.463 e. The van der Waals surface area contributed by atoms with E-state index < -0.39 is 64.9 Å². The smallest absolute Gasteiger partial charge is 0.311 e. The fourth-order valence-corrected chi connectivity index (χ4v) is 7.35. The molecule has 0 radical (unpaired) electrons. The summed E-state index contributed by atoms with van der Waals surface area (Å²) in [6, 6.07) is 0. The Labute approximate surface area is 290 Å². The van der Waals surface area contributed by atoms with Gasteiger partial charge in [-0.15, -0.1) is 0 Å². The van der Waals surface area contributed by atoms with Gasteiger partial charge in [-0.1, -0.05) is 22.7 Å². The van der Waals surface area contributed by atoms with Gasteiger partial charge in [0, 0.05) is 28.1 Å². The van der Waals surface area contributed by atoms with Gasteiger partial charge in [0.2, 0.25) is 11.9 Å². The Bertz CT molecular complexity index is 2020. The van der Waals surface area contributed by atoms with E-state index >= 15 is 0 Å². The van der Waals surface area contributed by atoms with E-state index in [-0.39, 0.29) is 41.3 Å². The Balaban J connectivity index is 0.000000200. The van der Waals surface area contributed by atoms with Crippen molar-refractivity contribution in [3.63, 3.8) is 0 Å². The van der Waals surface area contributed by atoms with Crippen LogP contribution in [0.1, 0.15) is 40.2 Å². The maximum Gasteiger partial charge on any atom is 0.311 e. The van der Waals surface area contributed by atoms with Crippen LogP contribution in [-0.4, -0.2) is 114 Å². The Hall–Kier alpha value is -4.16. The number of fused-ring (bicyclic) bond motifs is 2. The lowest BCUT2D eigenvalue weighted by atomic mass is 9.94. The van der Waals surface area contributed by atoms with Crippen molar-refractivity contribution in [2.45, 2.75) is 75.8 Å². The molecule has 22 heteroatoms. The van der Waals surface area contributed by atoms with Crippen molar-refractivity contribution in [1.29, 1.82) is 0 Å². The number of esters is 2. The standard InChI is InChI=1S/C16H20N4O7S.C12H16N4O5S/c1-7(21)25-6-10-16(3,24-4)11(26-8(2)22)13(27-10)20-12-9(28-15(20)23)5-18-14(17)19-12;1-12(20-2)6(4-17)21-9(7(12)18)16-8-5(22-11(16)19)3-14-10(13)15-8/h5,10-11,13H,6H2,1-4H3,(H2,17,18,19);3,6-7,9,17-18H,4H2,1-2H3,(H2,13,14,15)/t10-,11+,13-,16-;6-,7+,9-,12-/m11/s1. The topological polar surface area (TPSA) is 278 Å². The molecule has 6 N–H and O–H groups in total. The number of nitrogen functional groups attached to an aromatic ring is 2. The number of nitrogens with zero attached hydrogens (tertiary/aromatic N) is 6. The molecule has 6 heterocycles. The quantitative estimate of drug-likeness (QED) is 0.163. The summed E-state index contributed by atoms with van der Waals surface area (Å²) in [5, 5.41) is 20.0. The van der Waals surface area contributed by atoms with Gasteiger partial charge in [0.05, 0.1) is 28.4 Å². The van der Waals surface area contributed by atoms with Crippen molar-refractivity contribution in [2.24, 2.45) is 0 Å². The summed E-state index contributed by atoms with van der Waals surface area (Å²) in [7, 11) is 2.82. The summed E-state index contributed by atoms with van der Waals surface area (Å²) in [4.78, 5) is 63.0. The molecule has 0 aromatic carbocycles. The Morgan fingerprint density at radius 1 is 0.880 bits per heavy atom. The van der Waals surface area contributed by atoms with E-state index in [0.29, 0.717) is 9.40 Å². The van der Waals surface area contributed by atoms with Gasteiger partial charge in [0.25, 0.3) is 0 Å². The number of ether oxygens (including phenoxy) is 6. The molecular weight excluding hydrogens is 704 g/mol. The van der Waals surface area contributed by atoms with Crippen molar-refractivity contribution in [1.82, 2.24) is 29.1 Å². The second-order valence-electron chi connectivity index (χ2n) is 11.6. The fourth-order valence-electron chi connectivity index (χ4n) is 5.71. The van der Waals surface area contributed by atoms with Crippen LogP contribution in [-0.2, 0) is 38.0 Å². The average molecular weight is 741 g/mol. The summed E-state index contributed by atoms with van der Waals surface area (Å²) < 4.78 is 36.6. The summed E-state index contributed by atoms with van der Waals surface area (Å²) in [6.07, 6.45) is -2.98. The molecule has 2 fully saturated rings. The number of anilines is 2. The Kier molecular flexibility index (Phi) is 10.6. The second kappa shape index (κ2) is 14.2. The maximum absolute atomic E-state index is 12.7. The van der Waals surface area contributed by atoms with Gasteiger partial charge in [-0.2, -0.15) is 9.97 Å². The zero-order chi connectivity index (χ0) is 36.7. The number of thiazole rings is 2. The first kappa shape index (κ1) is 37.1. The van der Waals surface area contributed by atoms with Crippen LogP contribution < -0.4 is 21.2 Å². The highest BCUT2D eigenvalue weighted by Gasteiger charge is 2.58. The maximum atomic E-state index is 12.7. The van der Waals surface area contributed by atoms with Crippen LogP contribution in [0.3, 0.4) is 0 Å². The number of nitrogens with two attached hydrogens (primary N) is 2. The summed E-state index contributed by atoms with van der Waals surface area (Å²) in [5.74, 6) is -1.10. The zero-order valence-corrected chi connectivity index (χ0v) is 29.3. The third kappa shape index (κ3) is 6.55. The molecule has 2 aliphatic rings. The van der Waals surface area contributed by atoms with E-state index in [1.54, 1.807) is 13.8 Å². The SMILES string of the molecule is CO[C@]1(C)[C@@H](CO)O[C@@H](n2c(=O)sc3cnc(N)nc32)[C@@H]1O.CO[C@]1(C)[C@@H](COC(C)=O)O[C@@H](n2c(=O)sc3cnc(N)nc32)[C@@H]1OC(C)=O. The monoisotopic (exact) mass is 740 g/mol. The molecule has 2 saturated heterocycles. The number of methoxy groups -OCH3 is 2. The number of aromatic nitrogens is 6. The highest BCUT2D eigenvalue weighted by atomic mass is 32.1. The fraction of sp³-hybridized carbons (Fsp3) is 0.571. The average Bonchev–Trinajstić information content (AvgIpc) is 3.73. The summed E-state index contributed by atoms with van der Waals surface area (Å²) in [5.41, 5.74) is 9.41. The molecule has 4 aromatic heterocycles. The molecule has 272 valence electrons. The predicted molar refractivity (Wildman–Crippen MR) is 176 cm³/mol. The van der Waals surface area contributed by atoms with Crippen LogP contribution in [0.15, 0.2) is 22.0 Å². The molecule has 2 aliphatic heterocycles. The first-order valence-corrected chi connectivity index (χ1v) is 16.5. The van der Waals surface area contributed by atoms with Crippen LogP contribution in [0.4, 0.5) is 11.9 Å². The number of aliphatic hydroxyl groups is 2. The normalized spacial score (nSPS) is 29.2. The van der Waals surface area contributed by atoms with Crippen molar-refractivity contribution >= 4 is 67.2 Å². The molecule has 0 amide bonds. The van der Waals surface area contributed by atoms with Gasteiger partial charge in [-0.05, 0) is 13.8 Å². The third-order valence-electron chi connectivity index (χ3n) is 8.61. The van der Waals surface area contributed by atoms with E-state index in [2.05, 4.69) is 19.9 Å². The van der Waals surface area contributed by atoms with E-state index in [0.717, 1.165) is 22.7 Å². The molecular formula is C28H36N8O12S2. The molecule has 0 bridgehead atoms. The molecule has 8 atom stereocenters. The van der Waals surface area contributed by atoms with Crippen LogP contribution >= 0.6 is 22.7 Å². The van der Waals surface area contributed by atoms with Gasteiger partial charge in [-0.3, -0.25) is 28.3 Å². The van der Waals surface area contributed by atoms with Crippen LogP contribution in [0, 0.1) is 0 Å². The van der Waals surface area contributed by atoms with Crippen LogP contribution in [0.5, 0.6) is 0 Å². The molecule has 0 unspecified atom stereocenters.